The van der Waals surface area contributed by atoms with E-state index < -0.39 is 5.41 Å². The van der Waals surface area contributed by atoms with E-state index in [9.17, 15) is 4.79 Å². The summed E-state index contributed by atoms with van der Waals surface area (Å²) in [6, 6.07) is 23.2. The maximum atomic E-state index is 12.6. The molecule has 2 unspecified atom stereocenters. The van der Waals surface area contributed by atoms with E-state index in [4.69, 9.17) is 25.8 Å². The zero-order valence-electron chi connectivity index (χ0n) is 18.3. The maximum Gasteiger partial charge on any atom is 0.313 e. The van der Waals surface area contributed by atoms with Crippen molar-refractivity contribution in [3.8, 4) is 17.2 Å². The number of carbonyl (C=O) groups excluding carboxylic acids is 1. The number of carbonyl (C=O) groups is 1. The molecule has 0 aromatic heterocycles. The normalized spacial score (nSPS) is 21.5. The van der Waals surface area contributed by atoms with Crippen LogP contribution in [0.15, 0.2) is 84.9 Å². The van der Waals surface area contributed by atoms with Gasteiger partial charge in [-0.1, -0.05) is 60.2 Å². The average molecular weight is 461 g/mol. The predicted molar refractivity (Wildman–Crippen MR) is 128 cm³/mol. The fourth-order valence-corrected chi connectivity index (χ4v) is 5.14. The van der Waals surface area contributed by atoms with E-state index in [-0.39, 0.29) is 11.9 Å². The molecule has 1 heterocycles. The van der Waals surface area contributed by atoms with E-state index in [2.05, 4.69) is 6.58 Å². The molecule has 5 rings (SSSR count). The van der Waals surface area contributed by atoms with Gasteiger partial charge in [0, 0.05) is 5.92 Å². The Morgan fingerprint density at radius 2 is 1.82 bits per heavy atom. The lowest BCUT2D eigenvalue weighted by atomic mass is 9.75. The zero-order valence-corrected chi connectivity index (χ0v) is 19.0. The van der Waals surface area contributed by atoms with Crippen LogP contribution in [0.2, 0.25) is 5.02 Å². The molecule has 0 bridgehead atoms. The maximum absolute atomic E-state index is 12.6. The Bertz CT molecular complexity index is 1190. The summed E-state index contributed by atoms with van der Waals surface area (Å²) in [7, 11) is 0. The van der Waals surface area contributed by atoms with Gasteiger partial charge in [-0.15, -0.1) is 0 Å². The molecule has 168 valence electrons. The van der Waals surface area contributed by atoms with Gasteiger partial charge >= 0.3 is 5.97 Å². The zero-order chi connectivity index (χ0) is 22.8. The summed E-state index contributed by atoms with van der Waals surface area (Å²) in [5.74, 6) is 2.23. The van der Waals surface area contributed by atoms with E-state index in [0.29, 0.717) is 36.8 Å². The van der Waals surface area contributed by atoms with Crippen LogP contribution in [-0.4, -0.2) is 12.6 Å². The van der Waals surface area contributed by atoms with Crippen molar-refractivity contribution in [3.63, 3.8) is 0 Å². The molecule has 3 aromatic carbocycles. The molecule has 1 aliphatic carbocycles. The third-order valence-corrected chi connectivity index (χ3v) is 6.79. The number of fused-ring (bicyclic) bond motifs is 1. The summed E-state index contributed by atoms with van der Waals surface area (Å²) >= 11 is 6.54. The highest BCUT2D eigenvalue weighted by Crippen LogP contribution is 2.52. The quantitative estimate of drug-likeness (QED) is 0.288. The van der Waals surface area contributed by atoms with Crippen molar-refractivity contribution in [3.05, 3.63) is 101 Å². The SMILES string of the molecule is C=C1CC2COC(=O)C2(Cc2ccc(OCc3cccc(Oc4ccccc4)c3)c(Cl)c2)C1. The molecular weight excluding hydrogens is 436 g/mol. The van der Waals surface area contributed by atoms with Gasteiger partial charge in [-0.05, 0) is 66.8 Å². The lowest BCUT2D eigenvalue weighted by Crippen LogP contribution is -2.31. The lowest BCUT2D eigenvalue weighted by molar-refractivity contribution is -0.146. The fraction of sp³-hybridized carbons (Fsp3) is 0.250. The molecule has 33 heavy (non-hydrogen) atoms. The largest absolute Gasteiger partial charge is 0.487 e. The van der Waals surface area contributed by atoms with Crippen LogP contribution in [-0.2, 0) is 22.6 Å². The summed E-state index contributed by atoms with van der Waals surface area (Å²) in [5.41, 5.74) is 2.61. The van der Waals surface area contributed by atoms with Crippen molar-refractivity contribution in [2.45, 2.75) is 25.9 Å². The van der Waals surface area contributed by atoms with Gasteiger partial charge in [0.05, 0.1) is 17.0 Å². The number of rotatable bonds is 7. The summed E-state index contributed by atoms with van der Waals surface area (Å²) in [6.45, 7) is 4.96. The average Bonchev–Trinajstić information content (AvgIpc) is 3.27. The van der Waals surface area contributed by atoms with Crippen LogP contribution in [0, 0.1) is 11.3 Å². The van der Waals surface area contributed by atoms with Crippen LogP contribution in [0.1, 0.15) is 24.0 Å². The Hall–Kier alpha value is -3.24. The highest BCUT2D eigenvalue weighted by Gasteiger charge is 2.55. The van der Waals surface area contributed by atoms with Gasteiger partial charge in [-0.3, -0.25) is 4.79 Å². The molecule has 0 N–H and O–H groups in total. The molecule has 5 heteroatoms. The highest BCUT2D eigenvalue weighted by atomic mass is 35.5. The summed E-state index contributed by atoms with van der Waals surface area (Å²) < 4.78 is 17.3. The van der Waals surface area contributed by atoms with Crippen LogP contribution < -0.4 is 9.47 Å². The second-order valence-corrected chi connectivity index (χ2v) is 9.28. The summed E-state index contributed by atoms with van der Waals surface area (Å²) in [5, 5.41) is 0.528. The van der Waals surface area contributed by atoms with Gasteiger partial charge in [-0.25, -0.2) is 0 Å². The van der Waals surface area contributed by atoms with E-state index in [1.807, 2.05) is 72.8 Å². The van der Waals surface area contributed by atoms with Crippen LogP contribution in [0.5, 0.6) is 17.2 Å². The smallest absolute Gasteiger partial charge is 0.313 e. The van der Waals surface area contributed by atoms with Crippen LogP contribution in [0.3, 0.4) is 0 Å². The molecule has 0 amide bonds. The van der Waals surface area contributed by atoms with Crippen molar-refractivity contribution in [1.29, 1.82) is 0 Å². The molecule has 1 saturated heterocycles. The molecular formula is C28H25ClO4. The molecule has 1 saturated carbocycles. The minimum absolute atomic E-state index is 0.111. The number of allylic oxidation sites excluding steroid dienone is 1. The standard InChI is InChI=1S/C28H25ClO4/c1-19-12-22-18-32-27(30)28(22,15-19)16-20-10-11-26(25(29)14-20)31-17-21-6-5-9-24(13-21)33-23-7-3-2-4-8-23/h2-11,13-14,22H,1,12,15-18H2. The van der Waals surface area contributed by atoms with E-state index in [1.165, 1.54) is 0 Å². The molecule has 2 atom stereocenters. The number of esters is 1. The second kappa shape index (κ2) is 8.95. The Kier molecular flexibility index (Phi) is 5.86. The topological polar surface area (TPSA) is 44.8 Å². The number of ether oxygens (including phenoxy) is 3. The van der Waals surface area contributed by atoms with Crippen LogP contribution in [0.25, 0.3) is 0 Å². The van der Waals surface area contributed by atoms with E-state index in [0.717, 1.165) is 34.6 Å². The number of cyclic esters (lactones) is 1. The van der Waals surface area contributed by atoms with Crippen LogP contribution in [0.4, 0.5) is 0 Å². The number of hydrogen-bond acceptors (Lipinski definition) is 4. The van der Waals surface area contributed by atoms with Gasteiger partial charge in [-0.2, -0.15) is 0 Å². The van der Waals surface area contributed by atoms with E-state index in [1.54, 1.807) is 0 Å². The van der Waals surface area contributed by atoms with Gasteiger partial charge in [0.1, 0.15) is 23.9 Å². The summed E-state index contributed by atoms with van der Waals surface area (Å²) in [6.07, 6.45) is 2.15. The molecule has 2 fully saturated rings. The fourth-order valence-electron chi connectivity index (χ4n) is 4.88. The molecule has 3 aromatic rings. The van der Waals surface area contributed by atoms with Crippen molar-refractivity contribution in [2.75, 3.05) is 6.61 Å². The molecule has 0 spiro atoms. The van der Waals surface area contributed by atoms with Gasteiger partial charge in [0.15, 0.2) is 0 Å². The minimum Gasteiger partial charge on any atom is -0.487 e. The van der Waals surface area contributed by atoms with Gasteiger partial charge in [0.25, 0.3) is 0 Å². The highest BCUT2D eigenvalue weighted by molar-refractivity contribution is 6.32. The van der Waals surface area contributed by atoms with Crippen molar-refractivity contribution >= 4 is 17.6 Å². The third-order valence-electron chi connectivity index (χ3n) is 6.49. The Labute approximate surface area is 198 Å². The van der Waals surface area contributed by atoms with E-state index >= 15 is 0 Å². The number of halogens is 1. The number of hydrogen-bond donors (Lipinski definition) is 0. The first-order chi connectivity index (χ1) is 16.0. The number of para-hydroxylation sites is 1. The van der Waals surface area contributed by atoms with Gasteiger partial charge in [0.2, 0.25) is 0 Å². The number of benzene rings is 3. The van der Waals surface area contributed by atoms with Crippen molar-refractivity contribution in [2.24, 2.45) is 11.3 Å². The van der Waals surface area contributed by atoms with Gasteiger partial charge < -0.3 is 14.2 Å². The third kappa shape index (κ3) is 4.49. The lowest BCUT2D eigenvalue weighted by Gasteiger charge is -2.24. The first-order valence-electron chi connectivity index (χ1n) is 11.1. The molecule has 0 radical (unpaired) electrons. The second-order valence-electron chi connectivity index (χ2n) is 8.88. The summed E-state index contributed by atoms with van der Waals surface area (Å²) in [4.78, 5) is 12.6. The first kappa shape index (κ1) is 21.6. The monoisotopic (exact) mass is 460 g/mol. The first-order valence-corrected chi connectivity index (χ1v) is 11.5. The molecule has 2 aliphatic rings. The molecule has 1 aliphatic heterocycles. The Morgan fingerprint density at radius 1 is 1.00 bits per heavy atom. The van der Waals surface area contributed by atoms with Crippen molar-refractivity contribution in [1.82, 2.24) is 0 Å². The Morgan fingerprint density at radius 3 is 2.64 bits per heavy atom. The predicted octanol–water partition coefficient (Wildman–Crippen LogP) is 6.76. The van der Waals surface area contributed by atoms with Crippen molar-refractivity contribution < 1.29 is 19.0 Å². The van der Waals surface area contributed by atoms with Crippen LogP contribution >= 0.6 is 11.6 Å². The Balaban J connectivity index is 1.25. The minimum atomic E-state index is -0.498. The molecule has 4 nitrogen and oxygen atoms in total.